The summed E-state index contributed by atoms with van der Waals surface area (Å²) in [6.45, 7) is 0.590. The van der Waals surface area contributed by atoms with Crippen molar-refractivity contribution in [2.75, 3.05) is 25.0 Å². The molecule has 1 fully saturated rings. The summed E-state index contributed by atoms with van der Waals surface area (Å²) in [5.74, 6) is -2.83. The highest BCUT2D eigenvalue weighted by Gasteiger charge is 2.34. The molecule has 1 saturated heterocycles. The van der Waals surface area contributed by atoms with E-state index in [0.717, 1.165) is 0 Å². The van der Waals surface area contributed by atoms with Gasteiger partial charge >= 0.3 is 0 Å². The highest BCUT2D eigenvalue weighted by molar-refractivity contribution is 6.33. The number of carbonyl (C=O) groups excluding carboxylic acids is 1. The maximum atomic E-state index is 13.0. The first-order valence-corrected chi connectivity index (χ1v) is 6.49. The van der Waals surface area contributed by atoms with Crippen molar-refractivity contribution in [1.82, 2.24) is 4.90 Å². The summed E-state index contributed by atoms with van der Waals surface area (Å²) in [6, 6.07) is 6.91. The summed E-state index contributed by atoms with van der Waals surface area (Å²) in [5.41, 5.74) is 0.538. The van der Waals surface area contributed by atoms with E-state index in [4.69, 9.17) is 11.6 Å². The minimum atomic E-state index is -2.59. The third-order valence-corrected chi connectivity index (χ3v) is 3.43. The lowest BCUT2D eigenvalue weighted by Gasteiger charge is -2.31. The van der Waals surface area contributed by atoms with Crippen LogP contribution < -0.4 is 5.32 Å². The molecule has 0 saturated carbocycles. The average Bonchev–Trinajstić information content (AvgIpc) is 2.35. The van der Waals surface area contributed by atoms with Gasteiger partial charge < -0.3 is 5.32 Å². The fraction of sp³-hybridized carbons (Fsp3) is 0.462. The van der Waals surface area contributed by atoms with Crippen LogP contribution in [0.3, 0.4) is 0 Å². The number of benzene rings is 1. The van der Waals surface area contributed by atoms with Crippen LogP contribution in [-0.2, 0) is 4.79 Å². The van der Waals surface area contributed by atoms with Gasteiger partial charge in [-0.1, -0.05) is 23.7 Å². The number of para-hydroxylation sites is 1. The highest BCUT2D eigenvalue weighted by atomic mass is 35.5. The number of hydrogen-bond donors (Lipinski definition) is 1. The second-order valence-electron chi connectivity index (χ2n) is 4.66. The molecule has 19 heavy (non-hydrogen) atoms. The van der Waals surface area contributed by atoms with Crippen molar-refractivity contribution in [1.29, 1.82) is 0 Å². The van der Waals surface area contributed by atoms with Crippen molar-refractivity contribution < 1.29 is 13.6 Å². The van der Waals surface area contributed by atoms with E-state index in [2.05, 4.69) is 5.32 Å². The largest absolute Gasteiger partial charge is 0.324 e. The van der Waals surface area contributed by atoms with Gasteiger partial charge in [-0.2, -0.15) is 0 Å². The molecule has 1 heterocycles. The van der Waals surface area contributed by atoms with Crippen LogP contribution in [0.25, 0.3) is 0 Å². The number of halogens is 3. The standard InChI is InChI=1S/C13H15ClF2N2O/c14-10-3-1-2-4-11(10)17-12(19)9-18-7-5-13(15,16)6-8-18/h1-4H,5-9H2,(H,17,19). The Kier molecular flexibility index (Phi) is 4.37. The average molecular weight is 289 g/mol. The normalized spacial score (nSPS) is 19.1. The lowest BCUT2D eigenvalue weighted by molar-refractivity contribution is -0.119. The van der Waals surface area contributed by atoms with Crippen LogP contribution in [0.1, 0.15) is 12.8 Å². The van der Waals surface area contributed by atoms with Crippen molar-refractivity contribution in [3.05, 3.63) is 29.3 Å². The first-order chi connectivity index (χ1) is 8.96. The molecule has 6 heteroatoms. The Morgan fingerprint density at radius 1 is 1.32 bits per heavy atom. The van der Waals surface area contributed by atoms with Crippen LogP contribution >= 0.6 is 11.6 Å². The smallest absolute Gasteiger partial charge is 0.250 e. The lowest BCUT2D eigenvalue weighted by atomic mass is 10.1. The van der Waals surface area contributed by atoms with E-state index in [9.17, 15) is 13.6 Å². The maximum Gasteiger partial charge on any atom is 0.250 e. The molecule has 0 unspecified atom stereocenters. The Labute approximate surface area is 115 Å². The van der Waals surface area contributed by atoms with Gasteiger partial charge in [0.15, 0.2) is 0 Å². The summed E-state index contributed by atoms with van der Waals surface area (Å²) >= 11 is 5.92. The monoisotopic (exact) mass is 288 g/mol. The summed E-state index contributed by atoms with van der Waals surface area (Å²) in [6.07, 6.45) is -0.376. The molecule has 104 valence electrons. The second kappa shape index (κ2) is 5.84. The molecule has 1 aromatic carbocycles. The summed E-state index contributed by atoms with van der Waals surface area (Å²) in [4.78, 5) is 13.5. The van der Waals surface area contributed by atoms with Crippen molar-refractivity contribution >= 4 is 23.2 Å². The van der Waals surface area contributed by atoms with Gasteiger partial charge in [0.2, 0.25) is 5.91 Å². The Bertz CT molecular complexity index is 458. The minimum Gasteiger partial charge on any atom is -0.324 e. The number of alkyl halides is 2. The zero-order chi connectivity index (χ0) is 13.9. The quantitative estimate of drug-likeness (QED) is 0.927. The van der Waals surface area contributed by atoms with Crippen LogP contribution in [0.15, 0.2) is 24.3 Å². The van der Waals surface area contributed by atoms with Crippen LogP contribution in [0.2, 0.25) is 5.02 Å². The van der Waals surface area contributed by atoms with E-state index >= 15 is 0 Å². The van der Waals surface area contributed by atoms with E-state index in [0.29, 0.717) is 10.7 Å². The molecule has 0 atom stereocenters. The number of hydrogen-bond acceptors (Lipinski definition) is 2. The molecular weight excluding hydrogens is 274 g/mol. The van der Waals surface area contributed by atoms with E-state index in [1.807, 2.05) is 0 Å². The van der Waals surface area contributed by atoms with Crippen molar-refractivity contribution in [2.45, 2.75) is 18.8 Å². The van der Waals surface area contributed by atoms with Crippen LogP contribution in [0.5, 0.6) is 0 Å². The number of carbonyl (C=O) groups is 1. The van der Waals surface area contributed by atoms with E-state index in [1.165, 1.54) is 0 Å². The molecular formula is C13H15ClF2N2O. The maximum absolute atomic E-state index is 13.0. The van der Waals surface area contributed by atoms with Gasteiger partial charge in [-0.25, -0.2) is 8.78 Å². The Hall–Kier alpha value is -1.20. The van der Waals surface area contributed by atoms with Crippen molar-refractivity contribution in [3.63, 3.8) is 0 Å². The SMILES string of the molecule is O=C(CN1CCC(F)(F)CC1)Nc1ccccc1Cl. The molecule has 1 amide bonds. The summed E-state index contributed by atoms with van der Waals surface area (Å²) in [7, 11) is 0. The molecule has 0 bridgehead atoms. The van der Waals surface area contributed by atoms with Gasteiger partial charge in [-0.15, -0.1) is 0 Å². The molecule has 1 N–H and O–H groups in total. The number of nitrogens with zero attached hydrogens (tertiary/aromatic N) is 1. The second-order valence-corrected chi connectivity index (χ2v) is 5.07. The van der Waals surface area contributed by atoms with Gasteiger partial charge in [0, 0.05) is 25.9 Å². The highest BCUT2D eigenvalue weighted by Crippen LogP contribution is 2.27. The third-order valence-electron chi connectivity index (χ3n) is 3.10. The van der Waals surface area contributed by atoms with Crippen LogP contribution in [-0.4, -0.2) is 36.4 Å². The zero-order valence-electron chi connectivity index (χ0n) is 10.3. The fourth-order valence-electron chi connectivity index (χ4n) is 1.99. The number of likely N-dealkylation sites (tertiary alicyclic amines) is 1. The molecule has 3 nitrogen and oxygen atoms in total. The number of amides is 1. The van der Waals surface area contributed by atoms with Crippen LogP contribution in [0.4, 0.5) is 14.5 Å². The molecule has 2 rings (SSSR count). The van der Waals surface area contributed by atoms with Crippen LogP contribution in [0, 0.1) is 0 Å². The van der Waals surface area contributed by atoms with E-state index in [1.54, 1.807) is 29.2 Å². The molecule has 0 radical (unpaired) electrons. The first kappa shape index (κ1) is 14.2. The van der Waals surface area contributed by atoms with E-state index in [-0.39, 0.29) is 38.4 Å². The zero-order valence-corrected chi connectivity index (χ0v) is 11.1. The minimum absolute atomic E-state index is 0.112. The predicted molar refractivity (Wildman–Crippen MR) is 70.7 cm³/mol. The van der Waals surface area contributed by atoms with Gasteiger partial charge in [0.1, 0.15) is 0 Å². The third kappa shape index (κ3) is 4.14. The molecule has 1 aromatic rings. The fourth-order valence-corrected chi connectivity index (χ4v) is 2.18. The molecule has 0 aliphatic carbocycles. The lowest BCUT2D eigenvalue weighted by Crippen LogP contribution is -2.43. The Morgan fingerprint density at radius 3 is 2.58 bits per heavy atom. The predicted octanol–water partition coefficient (Wildman–Crippen LogP) is 3.01. The Balaban J connectivity index is 1.84. The molecule has 0 aromatic heterocycles. The summed E-state index contributed by atoms with van der Waals surface area (Å²) in [5, 5.41) is 3.14. The number of piperidine rings is 1. The van der Waals surface area contributed by atoms with E-state index < -0.39 is 5.92 Å². The molecule has 1 aliphatic heterocycles. The Morgan fingerprint density at radius 2 is 1.95 bits per heavy atom. The molecule has 1 aliphatic rings. The van der Waals surface area contributed by atoms with Gasteiger partial charge in [0.25, 0.3) is 5.92 Å². The van der Waals surface area contributed by atoms with Gasteiger partial charge in [-0.3, -0.25) is 9.69 Å². The number of anilines is 1. The van der Waals surface area contributed by atoms with Gasteiger partial charge in [-0.05, 0) is 12.1 Å². The first-order valence-electron chi connectivity index (χ1n) is 6.11. The topological polar surface area (TPSA) is 32.3 Å². The summed E-state index contributed by atoms with van der Waals surface area (Å²) < 4.78 is 25.9. The number of nitrogens with one attached hydrogen (secondary N) is 1. The van der Waals surface area contributed by atoms with Crippen molar-refractivity contribution in [3.8, 4) is 0 Å². The number of rotatable bonds is 3. The van der Waals surface area contributed by atoms with Gasteiger partial charge in [0.05, 0.1) is 17.3 Å². The molecule has 0 spiro atoms. The van der Waals surface area contributed by atoms with Crippen molar-refractivity contribution in [2.24, 2.45) is 0 Å².